The third kappa shape index (κ3) is 1.89. The molecule has 2 heteroatoms. The Morgan fingerprint density at radius 3 is 2.69 bits per heavy atom. The number of aryl methyl sites for hydroxylation is 2. The average molecular weight is 218 g/mol. The molecule has 0 radical (unpaired) electrons. The molecule has 1 aliphatic heterocycles. The Kier molecular flexibility index (Phi) is 3.08. The van der Waals surface area contributed by atoms with Gasteiger partial charge in [0.2, 0.25) is 0 Å². The van der Waals surface area contributed by atoms with Gasteiger partial charge in [0.25, 0.3) is 0 Å². The zero-order valence-corrected chi connectivity index (χ0v) is 10.8. The first-order valence-corrected chi connectivity index (χ1v) is 6.25. The summed E-state index contributed by atoms with van der Waals surface area (Å²) in [6, 6.07) is 5.19. The first-order valence-electron chi connectivity index (χ1n) is 6.25. The highest BCUT2D eigenvalue weighted by atomic mass is 15.2. The van der Waals surface area contributed by atoms with Crippen LogP contribution in [0, 0.1) is 13.8 Å². The number of rotatable bonds is 2. The standard InChI is InChI=1S/C14H22N2/c1-5-6-16-12(4)9-15-13-7-10(2)11(3)8-14(13)16/h7-8,12,15H,5-6,9H2,1-4H3. The number of fused-ring (bicyclic) bond motifs is 1. The number of benzene rings is 1. The van der Waals surface area contributed by atoms with Crippen molar-refractivity contribution in [2.45, 2.75) is 40.2 Å². The lowest BCUT2D eigenvalue weighted by Crippen LogP contribution is -2.42. The molecule has 0 saturated heterocycles. The van der Waals surface area contributed by atoms with Crippen LogP contribution in [0.25, 0.3) is 0 Å². The maximum absolute atomic E-state index is 3.53. The molecule has 1 atom stereocenters. The van der Waals surface area contributed by atoms with Gasteiger partial charge in [0.1, 0.15) is 0 Å². The minimum absolute atomic E-state index is 0.592. The van der Waals surface area contributed by atoms with Gasteiger partial charge in [-0.1, -0.05) is 6.92 Å². The van der Waals surface area contributed by atoms with Gasteiger partial charge in [-0.25, -0.2) is 0 Å². The molecule has 1 aromatic carbocycles. The topological polar surface area (TPSA) is 15.3 Å². The molecule has 0 amide bonds. The summed E-state index contributed by atoms with van der Waals surface area (Å²) < 4.78 is 0. The van der Waals surface area contributed by atoms with E-state index in [0.29, 0.717) is 6.04 Å². The molecule has 1 unspecified atom stereocenters. The second-order valence-electron chi connectivity index (χ2n) is 4.88. The molecular weight excluding hydrogens is 196 g/mol. The Balaban J connectivity index is 2.42. The summed E-state index contributed by atoms with van der Waals surface area (Å²) in [6.07, 6.45) is 1.21. The largest absolute Gasteiger partial charge is 0.381 e. The van der Waals surface area contributed by atoms with E-state index in [4.69, 9.17) is 0 Å². The van der Waals surface area contributed by atoms with Crippen LogP contribution in [0.5, 0.6) is 0 Å². The summed E-state index contributed by atoms with van der Waals surface area (Å²) in [6.45, 7) is 11.1. The monoisotopic (exact) mass is 218 g/mol. The SMILES string of the molecule is CCCN1c2cc(C)c(C)cc2NCC1C. The summed E-state index contributed by atoms with van der Waals surface area (Å²) in [5.41, 5.74) is 5.44. The zero-order chi connectivity index (χ0) is 11.7. The molecule has 0 bridgehead atoms. The van der Waals surface area contributed by atoms with E-state index in [-0.39, 0.29) is 0 Å². The molecule has 1 aromatic rings. The minimum atomic E-state index is 0.592. The molecule has 2 nitrogen and oxygen atoms in total. The van der Waals surface area contributed by atoms with Crippen LogP contribution in [0.1, 0.15) is 31.4 Å². The third-order valence-corrected chi connectivity index (χ3v) is 3.51. The van der Waals surface area contributed by atoms with Gasteiger partial charge >= 0.3 is 0 Å². The summed E-state index contributed by atoms with van der Waals surface area (Å²) in [5, 5.41) is 3.53. The lowest BCUT2D eigenvalue weighted by molar-refractivity contribution is 0.634. The van der Waals surface area contributed by atoms with E-state index < -0.39 is 0 Å². The Hall–Kier alpha value is -1.18. The second-order valence-corrected chi connectivity index (χ2v) is 4.88. The van der Waals surface area contributed by atoms with Crippen molar-refractivity contribution in [3.8, 4) is 0 Å². The average Bonchev–Trinajstić information content (AvgIpc) is 2.25. The van der Waals surface area contributed by atoms with Crippen molar-refractivity contribution >= 4 is 11.4 Å². The van der Waals surface area contributed by atoms with E-state index in [2.05, 4.69) is 50.0 Å². The first kappa shape index (κ1) is 11.3. The lowest BCUT2D eigenvalue weighted by Gasteiger charge is -2.38. The van der Waals surface area contributed by atoms with Gasteiger partial charge in [-0.2, -0.15) is 0 Å². The summed E-state index contributed by atoms with van der Waals surface area (Å²) in [4.78, 5) is 2.53. The highest BCUT2D eigenvalue weighted by molar-refractivity contribution is 5.74. The molecule has 1 N–H and O–H groups in total. The van der Waals surface area contributed by atoms with Crippen molar-refractivity contribution in [2.75, 3.05) is 23.3 Å². The molecule has 0 aliphatic carbocycles. The number of hydrogen-bond acceptors (Lipinski definition) is 2. The van der Waals surface area contributed by atoms with Gasteiger partial charge in [0, 0.05) is 19.1 Å². The second kappa shape index (κ2) is 4.36. The fourth-order valence-corrected chi connectivity index (χ4v) is 2.37. The number of nitrogens with zero attached hydrogens (tertiary/aromatic N) is 1. The molecule has 0 saturated carbocycles. The van der Waals surface area contributed by atoms with Gasteiger partial charge in [-0.05, 0) is 50.5 Å². The minimum Gasteiger partial charge on any atom is -0.381 e. The van der Waals surface area contributed by atoms with E-state index in [0.717, 1.165) is 13.1 Å². The van der Waals surface area contributed by atoms with Gasteiger partial charge in [0.15, 0.2) is 0 Å². The first-order chi connectivity index (χ1) is 7.63. The van der Waals surface area contributed by atoms with Crippen LogP contribution in [0.4, 0.5) is 11.4 Å². The molecule has 1 aliphatic rings. The van der Waals surface area contributed by atoms with E-state index in [1.54, 1.807) is 0 Å². The van der Waals surface area contributed by atoms with Crippen molar-refractivity contribution in [3.05, 3.63) is 23.3 Å². The summed E-state index contributed by atoms with van der Waals surface area (Å²) in [7, 11) is 0. The zero-order valence-electron chi connectivity index (χ0n) is 10.8. The van der Waals surface area contributed by atoms with Crippen LogP contribution in [-0.2, 0) is 0 Å². The van der Waals surface area contributed by atoms with Gasteiger partial charge < -0.3 is 10.2 Å². The highest BCUT2D eigenvalue weighted by Gasteiger charge is 2.22. The third-order valence-electron chi connectivity index (χ3n) is 3.51. The van der Waals surface area contributed by atoms with Crippen LogP contribution < -0.4 is 10.2 Å². The van der Waals surface area contributed by atoms with Crippen LogP contribution in [0.3, 0.4) is 0 Å². The van der Waals surface area contributed by atoms with Crippen molar-refractivity contribution in [1.82, 2.24) is 0 Å². The number of nitrogens with one attached hydrogen (secondary N) is 1. The Labute approximate surface area is 98.7 Å². The fourth-order valence-electron chi connectivity index (χ4n) is 2.37. The molecule has 16 heavy (non-hydrogen) atoms. The van der Waals surface area contributed by atoms with Crippen LogP contribution >= 0.6 is 0 Å². The summed E-state index contributed by atoms with van der Waals surface area (Å²) >= 11 is 0. The predicted octanol–water partition coefficient (Wildman–Crippen LogP) is 3.33. The van der Waals surface area contributed by atoms with E-state index >= 15 is 0 Å². The lowest BCUT2D eigenvalue weighted by atomic mass is 10.0. The van der Waals surface area contributed by atoms with Crippen molar-refractivity contribution in [2.24, 2.45) is 0 Å². The normalized spacial score (nSPS) is 19.2. The molecule has 0 fully saturated rings. The smallest absolute Gasteiger partial charge is 0.0607 e. The molecule has 0 aromatic heterocycles. The van der Waals surface area contributed by atoms with Crippen molar-refractivity contribution in [1.29, 1.82) is 0 Å². The number of anilines is 2. The quantitative estimate of drug-likeness (QED) is 0.819. The van der Waals surface area contributed by atoms with E-state index in [1.165, 1.54) is 28.9 Å². The molecule has 88 valence electrons. The molecule has 1 heterocycles. The van der Waals surface area contributed by atoms with Gasteiger partial charge in [-0.3, -0.25) is 0 Å². The van der Waals surface area contributed by atoms with E-state index in [1.807, 2.05) is 0 Å². The van der Waals surface area contributed by atoms with E-state index in [9.17, 15) is 0 Å². The van der Waals surface area contributed by atoms with Crippen molar-refractivity contribution in [3.63, 3.8) is 0 Å². The molecular formula is C14H22N2. The molecule has 0 spiro atoms. The van der Waals surface area contributed by atoms with Gasteiger partial charge in [0.05, 0.1) is 11.4 Å². The fraction of sp³-hybridized carbons (Fsp3) is 0.571. The Morgan fingerprint density at radius 1 is 1.31 bits per heavy atom. The highest BCUT2D eigenvalue weighted by Crippen LogP contribution is 2.33. The Morgan fingerprint density at radius 2 is 2.00 bits per heavy atom. The summed E-state index contributed by atoms with van der Waals surface area (Å²) in [5.74, 6) is 0. The maximum Gasteiger partial charge on any atom is 0.0607 e. The Bertz CT molecular complexity index is 385. The van der Waals surface area contributed by atoms with Crippen LogP contribution in [-0.4, -0.2) is 19.1 Å². The maximum atomic E-state index is 3.53. The number of hydrogen-bond donors (Lipinski definition) is 1. The van der Waals surface area contributed by atoms with Gasteiger partial charge in [-0.15, -0.1) is 0 Å². The van der Waals surface area contributed by atoms with Crippen LogP contribution in [0.15, 0.2) is 12.1 Å². The van der Waals surface area contributed by atoms with Crippen molar-refractivity contribution < 1.29 is 0 Å². The predicted molar refractivity (Wildman–Crippen MR) is 71.5 cm³/mol. The van der Waals surface area contributed by atoms with Crippen LogP contribution in [0.2, 0.25) is 0 Å². The molecule has 2 rings (SSSR count).